The molecule has 1 aliphatic carbocycles. The van der Waals surface area contributed by atoms with Gasteiger partial charge in [-0.3, -0.25) is 0 Å². The highest BCUT2D eigenvalue weighted by atomic mass is 32.1. The largest absolute Gasteiger partial charge is 0.385 e. The molecule has 0 radical (unpaired) electrons. The first-order chi connectivity index (χ1) is 7.33. The predicted molar refractivity (Wildman–Crippen MR) is 63.7 cm³/mol. The number of hydrogen-bond acceptors (Lipinski definition) is 4. The van der Waals surface area contributed by atoms with Crippen LogP contribution in [0, 0.1) is 5.41 Å². The summed E-state index contributed by atoms with van der Waals surface area (Å²) in [5.41, 5.74) is 0.402. The van der Waals surface area contributed by atoms with Gasteiger partial charge in [0.25, 0.3) is 0 Å². The van der Waals surface area contributed by atoms with Gasteiger partial charge in [-0.15, -0.1) is 0 Å². The van der Waals surface area contributed by atoms with Gasteiger partial charge in [0, 0.05) is 25.7 Å². The van der Waals surface area contributed by atoms with Gasteiger partial charge in [0.15, 0.2) is 0 Å². The summed E-state index contributed by atoms with van der Waals surface area (Å²) in [4.78, 5) is 0. The minimum Gasteiger partial charge on any atom is -0.385 e. The van der Waals surface area contributed by atoms with E-state index in [1.54, 1.807) is 7.11 Å². The van der Waals surface area contributed by atoms with Gasteiger partial charge in [0.2, 0.25) is 0 Å². The van der Waals surface area contributed by atoms with E-state index >= 15 is 0 Å². The summed E-state index contributed by atoms with van der Waals surface area (Å²) in [6.45, 7) is 3.76. The Morgan fingerprint density at radius 3 is 2.40 bits per heavy atom. The van der Waals surface area contributed by atoms with Crippen molar-refractivity contribution in [2.45, 2.75) is 19.3 Å². The summed E-state index contributed by atoms with van der Waals surface area (Å²) < 4.78 is 15.9. The van der Waals surface area contributed by atoms with E-state index in [-0.39, 0.29) is 0 Å². The Hall–Kier alpha value is 0.230. The molecule has 1 saturated carbocycles. The molecular formula is C11H22O3S. The molecule has 4 heteroatoms. The van der Waals surface area contributed by atoms with Crippen LogP contribution in [0.1, 0.15) is 19.3 Å². The normalized spacial score (nSPS) is 18.0. The maximum atomic E-state index is 5.55. The Balaban J connectivity index is 1.77. The molecule has 0 saturated heterocycles. The molecule has 1 fully saturated rings. The minimum absolute atomic E-state index is 0.402. The highest BCUT2D eigenvalue weighted by Crippen LogP contribution is 2.46. The lowest BCUT2D eigenvalue weighted by Gasteiger charge is -2.12. The van der Waals surface area contributed by atoms with Gasteiger partial charge in [-0.2, -0.15) is 12.6 Å². The lowest BCUT2D eigenvalue weighted by Crippen LogP contribution is -2.15. The van der Waals surface area contributed by atoms with Crippen molar-refractivity contribution in [3.05, 3.63) is 0 Å². The average Bonchev–Trinajstić information content (AvgIpc) is 3.03. The standard InChI is InChI=1S/C11H22O3S/c1-12-5-2-6-13-7-8-14-9-11(10-15)3-4-11/h15H,2-10H2,1H3. The molecule has 0 N–H and O–H groups in total. The van der Waals surface area contributed by atoms with Crippen molar-refractivity contribution in [2.24, 2.45) is 5.41 Å². The Labute approximate surface area is 97.9 Å². The van der Waals surface area contributed by atoms with Crippen LogP contribution in [-0.2, 0) is 14.2 Å². The first kappa shape index (κ1) is 13.3. The number of hydrogen-bond donors (Lipinski definition) is 1. The Morgan fingerprint density at radius 2 is 1.80 bits per heavy atom. The van der Waals surface area contributed by atoms with Crippen LogP contribution in [0.5, 0.6) is 0 Å². The molecule has 0 heterocycles. The predicted octanol–water partition coefficient (Wildman–Crippen LogP) is 1.77. The van der Waals surface area contributed by atoms with Crippen LogP contribution in [0.4, 0.5) is 0 Å². The summed E-state index contributed by atoms with van der Waals surface area (Å²) >= 11 is 4.32. The lowest BCUT2D eigenvalue weighted by atomic mass is 10.2. The number of thiol groups is 1. The van der Waals surface area contributed by atoms with Crippen molar-refractivity contribution < 1.29 is 14.2 Å². The van der Waals surface area contributed by atoms with Crippen LogP contribution in [0.2, 0.25) is 0 Å². The lowest BCUT2D eigenvalue weighted by molar-refractivity contribution is 0.0267. The van der Waals surface area contributed by atoms with Crippen LogP contribution in [0.15, 0.2) is 0 Å². The fourth-order valence-electron chi connectivity index (χ4n) is 1.34. The summed E-state index contributed by atoms with van der Waals surface area (Å²) in [5, 5.41) is 0. The van der Waals surface area contributed by atoms with Crippen molar-refractivity contribution in [2.75, 3.05) is 45.9 Å². The van der Waals surface area contributed by atoms with Gasteiger partial charge in [0.05, 0.1) is 19.8 Å². The van der Waals surface area contributed by atoms with E-state index in [0.29, 0.717) is 18.6 Å². The fraction of sp³-hybridized carbons (Fsp3) is 1.00. The van der Waals surface area contributed by atoms with Crippen LogP contribution in [0.3, 0.4) is 0 Å². The Morgan fingerprint density at radius 1 is 1.07 bits per heavy atom. The maximum Gasteiger partial charge on any atom is 0.0700 e. The smallest absolute Gasteiger partial charge is 0.0700 e. The summed E-state index contributed by atoms with van der Waals surface area (Å²) in [6.07, 6.45) is 3.49. The first-order valence-electron chi connectivity index (χ1n) is 5.58. The quantitative estimate of drug-likeness (QED) is 0.461. The molecule has 1 rings (SSSR count). The number of ether oxygens (including phenoxy) is 3. The molecule has 0 amide bonds. The molecular weight excluding hydrogens is 212 g/mol. The van der Waals surface area contributed by atoms with Gasteiger partial charge in [-0.25, -0.2) is 0 Å². The van der Waals surface area contributed by atoms with Crippen molar-refractivity contribution in [3.8, 4) is 0 Å². The monoisotopic (exact) mass is 234 g/mol. The van der Waals surface area contributed by atoms with Gasteiger partial charge >= 0.3 is 0 Å². The van der Waals surface area contributed by atoms with Gasteiger partial charge in [-0.1, -0.05) is 0 Å². The molecule has 90 valence electrons. The van der Waals surface area contributed by atoms with Crippen molar-refractivity contribution in [1.29, 1.82) is 0 Å². The van der Waals surface area contributed by atoms with E-state index in [1.807, 2.05) is 0 Å². The highest BCUT2D eigenvalue weighted by Gasteiger charge is 2.41. The summed E-state index contributed by atoms with van der Waals surface area (Å²) in [6, 6.07) is 0. The SMILES string of the molecule is COCCCOCCOCC1(CS)CC1. The van der Waals surface area contributed by atoms with Crippen LogP contribution in [0.25, 0.3) is 0 Å². The number of methoxy groups -OCH3 is 1. The van der Waals surface area contributed by atoms with Crippen molar-refractivity contribution >= 4 is 12.6 Å². The van der Waals surface area contributed by atoms with Gasteiger partial charge in [0.1, 0.15) is 0 Å². The van der Waals surface area contributed by atoms with Crippen LogP contribution in [-0.4, -0.2) is 45.9 Å². The van der Waals surface area contributed by atoms with E-state index in [2.05, 4.69) is 12.6 Å². The van der Waals surface area contributed by atoms with E-state index in [0.717, 1.165) is 32.0 Å². The second kappa shape index (κ2) is 7.49. The van der Waals surface area contributed by atoms with Gasteiger partial charge in [-0.05, 0) is 25.0 Å². The van der Waals surface area contributed by atoms with Crippen molar-refractivity contribution in [1.82, 2.24) is 0 Å². The van der Waals surface area contributed by atoms with E-state index < -0.39 is 0 Å². The highest BCUT2D eigenvalue weighted by molar-refractivity contribution is 7.80. The zero-order chi connectivity index (χ0) is 11.0. The fourth-order valence-corrected chi connectivity index (χ4v) is 1.75. The molecule has 0 atom stereocenters. The van der Waals surface area contributed by atoms with Crippen LogP contribution >= 0.6 is 12.6 Å². The second-order valence-corrected chi connectivity index (χ2v) is 4.49. The molecule has 3 nitrogen and oxygen atoms in total. The minimum atomic E-state index is 0.402. The van der Waals surface area contributed by atoms with E-state index in [4.69, 9.17) is 14.2 Å². The molecule has 0 aromatic rings. The summed E-state index contributed by atoms with van der Waals surface area (Å²) in [5.74, 6) is 0.946. The average molecular weight is 234 g/mol. The molecule has 0 spiro atoms. The molecule has 0 aromatic heterocycles. The Kier molecular flexibility index (Phi) is 6.64. The zero-order valence-electron chi connectivity index (χ0n) is 9.54. The third-order valence-electron chi connectivity index (χ3n) is 2.71. The maximum absolute atomic E-state index is 5.55. The molecule has 0 bridgehead atoms. The molecule has 15 heavy (non-hydrogen) atoms. The molecule has 0 aliphatic heterocycles. The topological polar surface area (TPSA) is 27.7 Å². The Bertz CT molecular complexity index is 160. The third-order valence-corrected chi connectivity index (χ3v) is 3.38. The van der Waals surface area contributed by atoms with Crippen molar-refractivity contribution in [3.63, 3.8) is 0 Å². The zero-order valence-corrected chi connectivity index (χ0v) is 10.4. The van der Waals surface area contributed by atoms with Gasteiger partial charge < -0.3 is 14.2 Å². The number of rotatable bonds is 10. The van der Waals surface area contributed by atoms with E-state index in [9.17, 15) is 0 Å². The molecule has 1 aliphatic rings. The molecule has 0 unspecified atom stereocenters. The second-order valence-electron chi connectivity index (χ2n) is 4.17. The van der Waals surface area contributed by atoms with E-state index in [1.165, 1.54) is 12.8 Å². The first-order valence-corrected chi connectivity index (χ1v) is 6.21. The van der Waals surface area contributed by atoms with Crippen LogP contribution < -0.4 is 0 Å². The summed E-state index contributed by atoms with van der Waals surface area (Å²) in [7, 11) is 1.70. The molecule has 0 aromatic carbocycles. The third kappa shape index (κ3) is 5.76.